The monoisotopic (exact) mass is 236 g/mol. The lowest BCUT2D eigenvalue weighted by atomic mass is 10.1. The third-order valence-electron chi connectivity index (χ3n) is 2.73. The minimum atomic E-state index is 0.723. The molecule has 0 saturated carbocycles. The van der Waals surface area contributed by atoms with E-state index >= 15 is 0 Å². The highest BCUT2D eigenvalue weighted by molar-refractivity contribution is 5.20. The fourth-order valence-corrected chi connectivity index (χ4v) is 1.47. The van der Waals surface area contributed by atoms with Gasteiger partial charge in [-0.1, -0.05) is 13.8 Å². The lowest BCUT2D eigenvalue weighted by Crippen LogP contribution is -2.20. The van der Waals surface area contributed by atoms with Gasteiger partial charge in [0.1, 0.15) is 0 Å². The first-order chi connectivity index (χ1) is 8.20. The van der Waals surface area contributed by atoms with E-state index in [1.54, 1.807) is 0 Å². The second-order valence-corrected chi connectivity index (χ2v) is 4.77. The largest absolute Gasteiger partial charge is 0.380 e. The van der Waals surface area contributed by atoms with Crippen molar-refractivity contribution in [3.05, 3.63) is 29.6 Å². The van der Waals surface area contributed by atoms with Gasteiger partial charge in [-0.25, -0.2) is 0 Å². The maximum absolute atomic E-state index is 5.53. The van der Waals surface area contributed by atoms with Crippen molar-refractivity contribution < 1.29 is 4.74 Å². The predicted octanol–water partition coefficient (Wildman–Crippen LogP) is 2.54. The van der Waals surface area contributed by atoms with Crippen molar-refractivity contribution in [1.29, 1.82) is 0 Å². The van der Waals surface area contributed by atoms with Crippen LogP contribution in [-0.4, -0.2) is 24.7 Å². The van der Waals surface area contributed by atoms with E-state index in [0.717, 1.165) is 38.6 Å². The normalized spacial score (nSPS) is 11.1. The number of nitrogens with zero attached hydrogens (tertiary/aromatic N) is 1. The molecule has 0 unspecified atom stereocenters. The van der Waals surface area contributed by atoms with Crippen molar-refractivity contribution in [2.45, 2.75) is 33.7 Å². The molecule has 1 heterocycles. The lowest BCUT2D eigenvalue weighted by Gasteiger charge is -2.08. The molecule has 0 aliphatic carbocycles. The molecule has 1 N–H and O–H groups in total. The van der Waals surface area contributed by atoms with E-state index in [0.29, 0.717) is 0 Å². The number of hydrogen-bond acceptors (Lipinski definition) is 3. The minimum Gasteiger partial charge on any atom is -0.380 e. The van der Waals surface area contributed by atoms with E-state index in [-0.39, 0.29) is 0 Å². The summed E-state index contributed by atoms with van der Waals surface area (Å²) in [6.07, 6.45) is 4.89. The molecule has 96 valence electrons. The summed E-state index contributed by atoms with van der Waals surface area (Å²) in [5.74, 6) is 0.723. The molecular weight excluding hydrogens is 212 g/mol. The SMILES string of the molecule is Cc1ccncc1CNCCOCCC(C)C. The van der Waals surface area contributed by atoms with Crippen LogP contribution in [0.1, 0.15) is 31.4 Å². The molecule has 0 saturated heterocycles. The summed E-state index contributed by atoms with van der Waals surface area (Å²) in [7, 11) is 0. The van der Waals surface area contributed by atoms with E-state index in [4.69, 9.17) is 4.74 Å². The van der Waals surface area contributed by atoms with Crippen molar-refractivity contribution in [2.24, 2.45) is 5.92 Å². The first-order valence-electron chi connectivity index (χ1n) is 6.38. The average molecular weight is 236 g/mol. The first kappa shape index (κ1) is 14.1. The van der Waals surface area contributed by atoms with Gasteiger partial charge in [-0.05, 0) is 36.5 Å². The fraction of sp³-hybridized carbons (Fsp3) is 0.643. The topological polar surface area (TPSA) is 34.2 Å². The van der Waals surface area contributed by atoms with Crippen LogP contribution in [0, 0.1) is 12.8 Å². The number of rotatable bonds is 8. The number of aromatic nitrogens is 1. The quantitative estimate of drug-likeness (QED) is 0.704. The van der Waals surface area contributed by atoms with Gasteiger partial charge >= 0.3 is 0 Å². The smallest absolute Gasteiger partial charge is 0.0591 e. The highest BCUT2D eigenvalue weighted by atomic mass is 16.5. The Morgan fingerprint density at radius 3 is 2.88 bits per heavy atom. The Kier molecular flexibility index (Phi) is 6.82. The second-order valence-electron chi connectivity index (χ2n) is 4.77. The van der Waals surface area contributed by atoms with Crippen molar-refractivity contribution in [1.82, 2.24) is 10.3 Å². The molecule has 0 spiro atoms. The van der Waals surface area contributed by atoms with Gasteiger partial charge in [0.05, 0.1) is 6.61 Å². The van der Waals surface area contributed by atoms with Crippen LogP contribution in [-0.2, 0) is 11.3 Å². The van der Waals surface area contributed by atoms with E-state index in [1.807, 2.05) is 18.5 Å². The molecule has 3 nitrogen and oxygen atoms in total. The molecule has 0 aromatic carbocycles. The van der Waals surface area contributed by atoms with Crippen LogP contribution >= 0.6 is 0 Å². The van der Waals surface area contributed by atoms with Crippen molar-refractivity contribution in [3.8, 4) is 0 Å². The van der Waals surface area contributed by atoms with E-state index in [2.05, 4.69) is 31.1 Å². The van der Waals surface area contributed by atoms with Gasteiger partial charge in [0.2, 0.25) is 0 Å². The van der Waals surface area contributed by atoms with Crippen LogP contribution in [0.15, 0.2) is 18.5 Å². The van der Waals surface area contributed by atoms with Crippen LogP contribution in [0.4, 0.5) is 0 Å². The van der Waals surface area contributed by atoms with E-state index < -0.39 is 0 Å². The van der Waals surface area contributed by atoms with E-state index in [1.165, 1.54) is 11.1 Å². The van der Waals surface area contributed by atoms with Gasteiger partial charge in [-0.2, -0.15) is 0 Å². The molecule has 1 rings (SSSR count). The summed E-state index contributed by atoms with van der Waals surface area (Å²) in [5, 5.41) is 3.37. The molecule has 17 heavy (non-hydrogen) atoms. The van der Waals surface area contributed by atoms with Crippen LogP contribution < -0.4 is 5.32 Å². The molecular formula is C14H24N2O. The summed E-state index contributed by atoms with van der Waals surface area (Å²) in [5.41, 5.74) is 2.54. The molecule has 1 aromatic rings. The fourth-order valence-electron chi connectivity index (χ4n) is 1.47. The maximum Gasteiger partial charge on any atom is 0.0591 e. The molecule has 0 aliphatic rings. The van der Waals surface area contributed by atoms with Gasteiger partial charge in [0.25, 0.3) is 0 Å². The Hall–Kier alpha value is -0.930. The Labute approximate surface area is 105 Å². The summed E-state index contributed by atoms with van der Waals surface area (Å²) in [4.78, 5) is 4.12. The van der Waals surface area contributed by atoms with Crippen LogP contribution in [0.2, 0.25) is 0 Å². The Morgan fingerprint density at radius 2 is 2.18 bits per heavy atom. The molecule has 0 radical (unpaired) electrons. The Bertz CT molecular complexity index is 313. The van der Waals surface area contributed by atoms with Gasteiger partial charge in [-0.15, -0.1) is 0 Å². The van der Waals surface area contributed by atoms with Gasteiger partial charge in [0, 0.05) is 32.1 Å². The zero-order valence-electron chi connectivity index (χ0n) is 11.2. The Balaban J connectivity index is 2.03. The van der Waals surface area contributed by atoms with Crippen LogP contribution in [0.5, 0.6) is 0 Å². The lowest BCUT2D eigenvalue weighted by molar-refractivity contribution is 0.125. The zero-order chi connectivity index (χ0) is 12.5. The van der Waals surface area contributed by atoms with Crippen molar-refractivity contribution in [3.63, 3.8) is 0 Å². The third kappa shape index (κ3) is 6.39. The maximum atomic E-state index is 5.53. The highest BCUT2D eigenvalue weighted by Gasteiger charge is 1.97. The standard InChI is InChI=1S/C14H24N2O/c1-12(2)5-8-17-9-7-16-11-14-10-15-6-4-13(14)3/h4,6,10,12,16H,5,7-9,11H2,1-3H3. The highest BCUT2D eigenvalue weighted by Crippen LogP contribution is 2.03. The van der Waals surface area contributed by atoms with Crippen LogP contribution in [0.3, 0.4) is 0 Å². The molecule has 3 heteroatoms. The van der Waals surface area contributed by atoms with Crippen molar-refractivity contribution in [2.75, 3.05) is 19.8 Å². The first-order valence-corrected chi connectivity index (χ1v) is 6.38. The molecule has 0 atom stereocenters. The minimum absolute atomic E-state index is 0.723. The van der Waals surface area contributed by atoms with Crippen molar-refractivity contribution >= 4 is 0 Å². The molecule has 0 fully saturated rings. The van der Waals surface area contributed by atoms with Gasteiger partial charge in [-0.3, -0.25) is 4.98 Å². The number of hydrogen-bond donors (Lipinski definition) is 1. The van der Waals surface area contributed by atoms with Crippen LogP contribution in [0.25, 0.3) is 0 Å². The molecule has 0 bridgehead atoms. The summed E-state index contributed by atoms with van der Waals surface area (Å²) < 4.78 is 5.53. The zero-order valence-corrected chi connectivity index (χ0v) is 11.2. The van der Waals surface area contributed by atoms with Gasteiger partial charge < -0.3 is 10.1 Å². The molecule has 0 amide bonds. The van der Waals surface area contributed by atoms with Gasteiger partial charge in [0.15, 0.2) is 0 Å². The molecule has 1 aromatic heterocycles. The number of pyridine rings is 1. The summed E-state index contributed by atoms with van der Waals surface area (Å²) >= 11 is 0. The number of ether oxygens (including phenoxy) is 1. The number of nitrogens with one attached hydrogen (secondary N) is 1. The average Bonchev–Trinajstić information content (AvgIpc) is 2.30. The predicted molar refractivity (Wildman–Crippen MR) is 71.0 cm³/mol. The third-order valence-corrected chi connectivity index (χ3v) is 2.73. The van der Waals surface area contributed by atoms with E-state index in [9.17, 15) is 0 Å². The summed E-state index contributed by atoms with van der Waals surface area (Å²) in [6.45, 7) is 9.95. The molecule has 0 aliphatic heterocycles. The number of aryl methyl sites for hydroxylation is 1. The second kappa shape index (κ2) is 8.20. The summed E-state index contributed by atoms with van der Waals surface area (Å²) in [6, 6.07) is 2.04. The Morgan fingerprint density at radius 1 is 1.35 bits per heavy atom.